The third-order valence-electron chi connectivity index (χ3n) is 20.3. The molecule has 2 aromatic carbocycles. The summed E-state index contributed by atoms with van der Waals surface area (Å²) >= 11 is 0. The van der Waals surface area contributed by atoms with Gasteiger partial charge in [0.25, 0.3) is 0 Å². The molecule has 0 unspecified atom stereocenters. The molecule has 7 nitrogen and oxygen atoms in total. The van der Waals surface area contributed by atoms with Crippen molar-refractivity contribution in [1.82, 2.24) is 4.98 Å². The predicted octanol–water partition coefficient (Wildman–Crippen LogP) is 31.2. The number of rotatable bonds is 76. The van der Waals surface area contributed by atoms with Crippen LogP contribution in [0.15, 0.2) is 42.7 Å². The van der Waals surface area contributed by atoms with Crippen molar-refractivity contribution in [3.05, 3.63) is 65.0 Å². The lowest BCUT2D eigenvalue weighted by atomic mass is 10.1. The van der Waals surface area contributed by atoms with Crippen molar-refractivity contribution in [3.63, 3.8) is 0 Å². The van der Waals surface area contributed by atoms with Crippen LogP contribution in [0, 0.1) is 0 Å². The van der Waals surface area contributed by atoms with E-state index in [-0.39, 0.29) is 0 Å². The van der Waals surface area contributed by atoms with Crippen LogP contribution in [0.3, 0.4) is 0 Å². The first kappa shape index (κ1) is 90.1. The Hall–Kier alpha value is -4.13. The minimum Gasteiger partial charge on any atom is -0.490 e. The highest BCUT2D eigenvalue weighted by molar-refractivity contribution is 5.76. The lowest BCUT2D eigenvalue weighted by molar-refractivity contribution is 0.234. The number of ether oxygens (including phenoxy) is 6. The third-order valence-corrected chi connectivity index (χ3v) is 20.3. The molecule has 0 aliphatic heterocycles. The van der Waals surface area contributed by atoms with E-state index in [9.17, 15) is 0 Å². The van der Waals surface area contributed by atoms with Crippen LogP contribution in [0.2, 0.25) is 0 Å². The third kappa shape index (κ3) is 51.1. The van der Waals surface area contributed by atoms with Crippen molar-refractivity contribution < 1.29 is 28.4 Å². The molecule has 0 spiro atoms. The van der Waals surface area contributed by atoms with Crippen LogP contribution in [-0.4, -0.2) is 44.6 Å². The fourth-order valence-corrected chi connectivity index (χ4v) is 13.8. The number of pyridine rings is 1. The standard InChI is InChI=1S/C93H161NO6/c1-7-13-19-25-31-37-43-49-55-61-71-95-88-78-84(79-89(96-72-62-56-50-44-38-32-26-20-14-8-2)92(88)99-75-65-59-53-47-41-35-29-23-17-11-5)67-69-86-77-87(83-94-82-86)70-68-85-80-90(97-73-63-57-51-45-39-33-27-21-15-9-3)93(100-76-66-60-54-48-42-36-30-24-18-12-6)91(81-85)98-74-64-58-52-46-40-34-28-22-16-10-4/h67-70,77-83H,7-66,71-76H2,1-6H3/b69-67+,70-68+. The molecule has 7 heteroatoms. The van der Waals surface area contributed by atoms with E-state index in [0.717, 1.165) is 95.3 Å². The van der Waals surface area contributed by atoms with Gasteiger partial charge < -0.3 is 28.4 Å². The lowest BCUT2D eigenvalue weighted by Crippen LogP contribution is -2.07. The molecule has 0 radical (unpaired) electrons. The zero-order chi connectivity index (χ0) is 71.2. The van der Waals surface area contributed by atoms with Crippen molar-refractivity contribution in [2.45, 2.75) is 427 Å². The molecule has 1 aromatic heterocycles. The maximum Gasteiger partial charge on any atom is 0.203 e. The molecule has 3 aromatic rings. The van der Waals surface area contributed by atoms with Gasteiger partial charge in [0.1, 0.15) is 0 Å². The molecule has 0 aliphatic carbocycles. The van der Waals surface area contributed by atoms with Crippen molar-refractivity contribution >= 4 is 24.3 Å². The zero-order valence-electron chi connectivity index (χ0n) is 66.9. The van der Waals surface area contributed by atoms with Gasteiger partial charge in [0.2, 0.25) is 11.5 Å². The first-order chi connectivity index (χ1) is 49.6. The first-order valence-electron chi connectivity index (χ1n) is 44.0. The summed E-state index contributed by atoms with van der Waals surface area (Å²) in [6.07, 6.45) is 90.4. The van der Waals surface area contributed by atoms with Crippen molar-refractivity contribution in [2.24, 2.45) is 0 Å². The summed E-state index contributed by atoms with van der Waals surface area (Å²) < 4.78 is 40.8. The molecular formula is C93H161NO6. The Morgan fingerprint density at radius 2 is 0.350 bits per heavy atom. The van der Waals surface area contributed by atoms with E-state index < -0.39 is 0 Å². The summed E-state index contributed by atoms with van der Waals surface area (Å²) in [5.41, 5.74) is 4.13. The molecule has 0 amide bonds. The Morgan fingerprint density at radius 3 is 0.540 bits per heavy atom. The Balaban J connectivity index is 1.92. The fraction of sp³-hybridized carbons (Fsp3) is 0.774. The highest BCUT2D eigenvalue weighted by Crippen LogP contribution is 2.42. The molecule has 0 N–H and O–H groups in total. The van der Waals surface area contributed by atoms with Crippen molar-refractivity contribution in [2.75, 3.05) is 39.6 Å². The van der Waals surface area contributed by atoms with Crippen LogP contribution in [-0.2, 0) is 0 Å². The van der Waals surface area contributed by atoms with Gasteiger partial charge in [0.15, 0.2) is 23.0 Å². The van der Waals surface area contributed by atoms with Gasteiger partial charge in [-0.05, 0) is 91.1 Å². The van der Waals surface area contributed by atoms with E-state index in [1.54, 1.807) is 0 Å². The second kappa shape index (κ2) is 69.3. The number of hydrogen-bond donors (Lipinski definition) is 0. The molecule has 0 saturated heterocycles. The van der Waals surface area contributed by atoms with E-state index in [1.807, 2.05) is 12.4 Å². The van der Waals surface area contributed by atoms with Gasteiger partial charge in [-0.15, -0.1) is 0 Å². The van der Waals surface area contributed by atoms with E-state index >= 15 is 0 Å². The highest BCUT2D eigenvalue weighted by atomic mass is 16.5. The maximum atomic E-state index is 6.80. The number of aromatic nitrogens is 1. The van der Waals surface area contributed by atoms with Crippen molar-refractivity contribution in [1.29, 1.82) is 0 Å². The molecule has 3 rings (SSSR count). The summed E-state index contributed by atoms with van der Waals surface area (Å²) in [7, 11) is 0. The highest BCUT2D eigenvalue weighted by Gasteiger charge is 2.18. The van der Waals surface area contributed by atoms with Gasteiger partial charge in [-0.25, -0.2) is 0 Å². The van der Waals surface area contributed by atoms with Crippen LogP contribution in [0.4, 0.5) is 0 Å². The molecular weight excluding hydrogens is 1230 g/mol. The van der Waals surface area contributed by atoms with Crippen LogP contribution < -0.4 is 28.4 Å². The van der Waals surface area contributed by atoms with Gasteiger partial charge in [0.05, 0.1) is 39.6 Å². The Labute approximate surface area is 620 Å². The minimum atomic E-state index is 0.666. The van der Waals surface area contributed by atoms with E-state index in [0.29, 0.717) is 39.6 Å². The van der Waals surface area contributed by atoms with Crippen LogP contribution in [0.25, 0.3) is 24.3 Å². The van der Waals surface area contributed by atoms with E-state index in [4.69, 9.17) is 33.4 Å². The number of hydrogen-bond acceptors (Lipinski definition) is 7. The topological polar surface area (TPSA) is 68.3 Å². The van der Waals surface area contributed by atoms with Crippen LogP contribution >= 0.6 is 0 Å². The number of benzene rings is 2. The first-order valence-corrected chi connectivity index (χ1v) is 44.0. The molecule has 0 fully saturated rings. The van der Waals surface area contributed by atoms with Crippen LogP contribution in [0.1, 0.15) is 449 Å². The maximum absolute atomic E-state index is 6.80. The van der Waals surface area contributed by atoms with Gasteiger partial charge in [-0.3, -0.25) is 4.98 Å². The lowest BCUT2D eigenvalue weighted by Gasteiger charge is -2.18. The second-order valence-electron chi connectivity index (χ2n) is 30.1. The molecule has 100 heavy (non-hydrogen) atoms. The summed E-state index contributed by atoms with van der Waals surface area (Å²) in [5.74, 6) is 4.74. The summed E-state index contributed by atoms with van der Waals surface area (Å²) in [4.78, 5) is 4.80. The number of nitrogens with zero attached hydrogens (tertiary/aromatic N) is 1. The molecule has 574 valence electrons. The molecule has 0 bridgehead atoms. The smallest absolute Gasteiger partial charge is 0.203 e. The summed E-state index contributed by atoms with van der Waals surface area (Å²) in [5, 5.41) is 0. The monoisotopic (exact) mass is 1390 g/mol. The zero-order valence-corrected chi connectivity index (χ0v) is 66.9. The largest absolute Gasteiger partial charge is 0.490 e. The van der Waals surface area contributed by atoms with Gasteiger partial charge in [-0.1, -0.05) is 413 Å². The Morgan fingerprint density at radius 1 is 0.190 bits per heavy atom. The fourth-order valence-electron chi connectivity index (χ4n) is 13.8. The van der Waals surface area contributed by atoms with Gasteiger partial charge in [-0.2, -0.15) is 0 Å². The summed E-state index contributed by atoms with van der Waals surface area (Å²) in [6, 6.07) is 11.0. The average Bonchev–Trinajstić information content (AvgIpc) is 0.840. The average molecular weight is 1390 g/mol. The predicted molar refractivity (Wildman–Crippen MR) is 439 cm³/mol. The van der Waals surface area contributed by atoms with Crippen molar-refractivity contribution in [3.8, 4) is 34.5 Å². The SMILES string of the molecule is CCCCCCCCCCCCOc1cc(/C=C/c2cncc(/C=C/c3cc(OCCCCCCCCCCCC)c(OCCCCCCCCCCCC)c(OCCCCCCCCCCCC)c3)c2)cc(OCCCCCCCCCCCC)c1OCCCCCCCCCCCC. The normalized spacial score (nSPS) is 11.7. The molecule has 0 atom stereocenters. The Bertz CT molecular complexity index is 2060. The van der Waals surface area contributed by atoms with E-state index in [1.165, 1.54) is 347 Å². The quantitative estimate of drug-likeness (QED) is 0.0522. The van der Waals surface area contributed by atoms with Crippen LogP contribution in [0.5, 0.6) is 34.5 Å². The number of unbranched alkanes of at least 4 members (excludes halogenated alkanes) is 54. The van der Waals surface area contributed by atoms with Gasteiger partial charge in [0, 0.05) is 12.4 Å². The van der Waals surface area contributed by atoms with Gasteiger partial charge >= 0.3 is 0 Å². The Kier molecular flexibility index (Phi) is 62.4. The molecule has 0 saturated carbocycles. The second-order valence-corrected chi connectivity index (χ2v) is 30.1. The summed E-state index contributed by atoms with van der Waals surface area (Å²) in [6.45, 7) is 17.8. The molecule has 0 aliphatic rings. The van der Waals surface area contributed by atoms with E-state index in [2.05, 4.69) is 96.2 Å². The molecule has 1 heterocycles. The minimum absolute atomic E-state index is 0.666.